The fraction of sp³-hybridized carbons (Fsp3) is 0.308. The number of benzene rings is 1. The second kappa shape index (κ2) is 4.13. The van der Waals surface area contributed by atoms with Gasteiger partial charge in [0.2, 0.25) is 0 Å². The van der Waals surface area contributed by atoms with Crippen molar-refractivity contribution >= 4 is 6.01 Å². The molecule has 0 saturated heterocycles. The molecule has 0 aliphatic heterocycles. The van der Waals surface area contributed by atoms with Gasteiger partial charge in [-0.3, -0.25) is 0 Å². The van der Waals surface area contributed by atoms with Gasteiger partial charge in [-0.1, -0.05) is 0 Å². The first-order valence-electron chi connectivity index (χ1n) is 5.40. The summed E-state index contributed by atoms with van der Waals surface area (Å²) in [5.41, 5.74) is 10.7. The van der Waals surface area contributed by atoms with Crippen molar-refractivity contribution in [3.63, 3.8) is 0 Å². The van der Waals surface area contributed by atoms with Crippen molar-refractivity contribution in [3.8, 4) is 17.0 Å². The third kappa shape index (κ3) is 1.86. The van der Waals surface area contributed by atoms with Crippen LogP contribution >= 0.6 is 0 Å². The van der Waals surface area contributed by atoms with E-state index in [0.29, 0.717) is 0 Å². The monoisotopic (exact) mass is 232 g/mol. The van der Waals surface area contributed by atoms with Crippen molar-refractivity contribution < 1.29 is 9.15 Å². The molecule has 90 valence electrons. The van der Waals surface area contributed by atoms with Crippen LogP contribution in [0.3, 0.4) is 0 Å². The van der Waals surface area contributed by atoms with Crippen LogP contribution in [0.4, 0.5) is 6.01 Å². The van der Waals surface area contributed by atoms with Crippen LogP contribution < -0.4 is 10.5 Å². The maximum atomic E-state index is 5.51. The van der Waals surface area contributed by atoms with Crippen LogP contribution in [0.25, 0.3) is 11.3 Å². The standard InChI is InChI=1S/C13H16N2O2/c1-7-5-11(16-4)8(2)9(3)12(7)10-6-17-13(14)15-10/h5-6H,1-4H3,(H2,14,15). The summed E-state index contributed by atoms with van der Waals surface area (Å²) in [6.45, 7) is 6.10. The normalized spacial score (nSPS) is 10.6. The SMILES string of the molecule is COc1cc(C)c(-c2coc(N)n2)c(C)c1C. The summed E-state index contributed by atoms with van der Waals surface area (Å²) in [6.07, 6.45) is 1.58. The van der Waals surface area contributed by atoms with Gasteiger partial charge in [-0.15, -0.1) is 0 Å². The van der Waals surface area contributed by atoms with Crippen molar-refractivity contribution in [2.45, 2.75) is 20.8 Å². The summed E-state index contributed by atoms with van der Waals surface area (Å²) in [5, 5.41) is 0. The number of nitrogen functional groups attached to an aromatic ring is 1. The lowest BCUT2D eigenvalue weighted by molar-refractivity contribution is 0.411. The molecule has 2 aromatic rings. The van der Waals surface area contributed by atoms with E-state index in [0.717, 1.165) is 33.7 Å². The molecule has 1 aromatic heterocycles. The Kier molecular flexibility index (Phi) is 2.79. The molecule has 0 bridgehead atoms. The molecule has 0 unspecified atom stereocenters. The molecule has 0 radical (unpaired) electrons. The van der Waals surface area contributed by atoms with Gasteiger partial charge < -0.3 is 14.9 Å². The third-order valence-electron chi connectivity index (χ3n) is 3.05. The number of methoxy groups -OCH3 is 1. The first-order chi connectivity index (χ1) is 8.04. The summed E-state index contributed by atoms with van der Waals surface area (Å²) in [6, 6.07) is 2.19. The molecule has 4 heteroatoms. The molecule has 2 N–H and O–H groups in total. The van der Waals surface area contributed by atoms with Crippen molar-refractivity contribution in [1.82, 2.24) is 4.98 Å². The average Bonchev–Trinajstić information content (AvgIpc) is 2.70. The molecule has 0 aliphatic carbocycles. The van der Waals surface area contributed by atoms with Crippen LogP contribution in [-0.4, -0.2) is 12.1 Å². The number of nitrogens with two attached hydrogens (primary N) is 1. The average molecular weight is 232 g/mol. The van der Waals surface area contributed by atoms with E-state index in [1.54, 1.807) is 13.4 Å². The zero-order chi connectivity index (χ0) is 12.6. The highest BCUT2D eigenvalue weighted by molar-refractivity contribution is 5.71. The zero-order valence-corrected chi connectivity index (χ0v) is 10.5. The van der Waals surface area contributed by atoms with Crippen LogP contribution in [0.15, 0.2) is 16.7 Å². The number of anilines is 1. The lowest BCUT2D eigenvalue weighted by Crippen LogP contribution is -1.96. The largest absolute Gasteiger partial charge is 0.496 e. The highest BCUT2D eigenvalue weighted by Crippen LogP contribution is 2.34. The number of oxazole rings is 1. The molecule has 0 spiro atoms. The fourth-order valence-electron chi connectivity index (χ4n) is 2.05. The number of aromatic nitrogens is 1. The van der Waals surface area contributed by atoms with Gasteiger partial charge in [0.05, 0.1) is 7.11 Å². The molecule has 1 aromatic carbocycles. The molecule has 17 heavy (non-hydrogen) atoms. The smallest absolute Gasteiger partial charge is 0.292 e. The van der Waals surface area contributed by atoms with Crippen molar-refractivity contribution in [2.24, 2.45) is 0 Å². The van der Waals surface area contributed by atoms with Crippen molar-refractivity contribution in [2.75, 3.05) is 12.8 Å². The highest BCUT2D eigenvalue weighted by Gasteiger charge is 2.14. The van der Waals surface area contributed by atoms with E-state index >= 15 is 0 Å². The van der Waals surface area contributed by atoms with Crippen LogP contribution in [0.2, 0.25) is 0 Å². The van der Waals surface area contributed by atoms with Gasteiger partial charge in [0.15, 0.2) is 0 Å². The Balaban J connectivity index is 2.66. The topological polar surface area (TPSA) is 61.3 Å². The van der Waals surface area contributed by atoms with Crippen LogP contribution in [0, 0.1) is 20.8 Å². The maximum Gasteiger partial charge on any atom is 0.292 e. The molecule has 0 amide bonds. The first-order valence-corrected chi connectivity index (χ1v) is 5.40. The minimum Gasteiger partial charge on any atom is -0.496 e. The Morgan fingerprint density at radius 1 is 1.24 bits per heavy atom. The molecule has 4 nitrogen and oxygen atoms in total. The Morgan fingerprint density at radius 3 is 2.47 bits per heavy atom. The van der Waals surface area contributed by atoms with E-state index < -0.39 is 0 Å². The lowest BCUT2D eigenvalue weighted by atomic mass is 9.95. The number of rotatable bonds is 2. The number of aryl methyl sites for hydroxylation is 1. The summed E-state index contributed by atoms with van der Waals surface area (Å²) in [7, 11) is 1.68. The van der Waals surface area contributed by atoms with Gasteiger partial charge in [-0.05, 0) is 43.5 Å². The minimum atomic E-state index is 0.187. The molecule has 0 aliphatic rings. The van der Waals surface area contributed by atoms with Crippen LogP contribution in [0.5, 0.6) is 5.75 Å². The molecule has 0 atom stereocenters. The van der Waals surface area contributed by atoms with Gasteiger partial charge in [-0.25, -0.2) is 0 Å². The highest BCUT2D eigenvalue weighted by atomic mass is 16.5. The van der Waals surface area contributed by atoms with E-state index in [4.69, 9.17) is 14.9 Å². The quantitative estimate of drug-likeness (QED) is 0.864. The van der Waals surface area contributed by atoms with Gasteiger partial charge in [0.25, 0.3) is 6.01 Å². The number of ether oxygens (including phenoxy) is 1. The van der Waals surface area contributed by atoms with Gasteiger partial charge in [-0.2, -0.15) is 4.98 Å². The van der Waals surface area contributed by atoms with Crippen LogP contribution in [-0.2, 0) is 0 Å². The van der Waals surface area contributed by atoms with E-state index in [9.17, 15) is 0 Å². The van der Waals surface area contributed by atoms with E-state index in [2.05, 4.69) is 4.98 Å². The van der Waals surface area contributed by atoms with E-state index in [1.807, 2.05) is 26.8 Å². The molecule has 0 saturated carbocycles. The van der Waals surface area contributed by atoms with E-state index in [-0.39, 0.29) is 6.01 Å². The molecule has 2 rings (SSSR count). The van der Waals surface area contributed by atoms with Crippen LogP contribution in [0.1, 0.15) is 16.7 Å². The first kappa shape index (κ1) is 11.5. The van der Waals surface area contributed by atoms with Gasteiger partial charge >= 0.3 is 0 Å². The van der Waals surface area contributed by atoms with Gasteiger partial charge in [0, 0.05) is 5.56 Å². The summed E-state index contributed by atoms with van der Waals surface area (Å²) < 4.78 is 10.4. The second-order valence-corrected chi connectivity index (χ2v) is 4.09. The summed E-state index contributed by atoms with van der Waals surface area (Å²) >= 11 is 0. The predicted molar refractivity (Wildman–Crippen MR) is 67.1 cm³/mol. The lowest BCUT2D eigenvalue weighted by Gasteiger charge is -2.14. The molecular weight excluding hydrogens is 216 g/mol. The summed E-state index contributed by atoms with van der Waals surface area (Å²) in [5.74, 6) is 0.889. The zero-order valence-electron chi connectivity index (χ0n) is 10.5. The predicted octanol–water partition coefficient (Wildman–Crippen LogP) is 2.86. The molecular formula is C13H16N2O2. The Labute approximate surface area is 100 Å². The number of hydrogen-bond acceptors (Lipinski definition) is 4. The van der Waals surface area contributed by atoms with Crippen molar-refractivity contribution in [1.29, 1.82) is 0 Å². The minimum absolute atomic E-state index is 0.187. The fourth-order valence-corrected chi connectivity index (χ4v) is 2.05. The Bertz CT molecular complexity index is 559. The number of hydrogen-bond donors (Lipinski definition) is 1. The van der Waals surface area contributed by atoms with Crippen molar-refractivity contribution in [3.05, 3.63) is 29.0 Å². The second-order valence-electron chi connectivity index (χ2n) is 4.09. The van der Waals surface area contributed by atoms with E-state index in [1.165, 1.54) is 0 Å². The molecule has 0 fully saturated rings. The maximum absolute atomic E-state index is 5.51. The number of nitrogens with zero attached hydrogens (tertiary/aromatic N) is 1. The summed E-state index contributed by atoms with van der Waals surface area (Å²) in [4.78, 5) is 4.17. The molecule has 1 heterocycles. The van der Waals surface area contributed by atoms with Gasteiger partial charge in [0.1, 0.15) is 17.7 Å². The Morgan fingerprint density at radius 2 is 1.94 bits per heavy atom. The Hall–Kier alpha value is -1.97. The third-order valence-corrected chi connectivity index (χ3v) is 3.05.